The summed E-state index contributed by atoms with van der Waals surface area (Å²) in [4.78, 5) is 15.0. The zero-order chi connectivity index (χ0) is 22.8. The van der Waals surface area contributed by atoms with Crippen LogP contribution < -0.4 is 9.64 Å². The molecule has 7 nitrogen and oxygen atoms in total. The van der Waals surface area contributed by atoms with Crippen molar-refractivity contribution in [1.82, 2.24) is 4.31 Å². The van der Waals surface area contributed by atoms with Crippen LogP contribution in [0.3, 0.4) is 0 Å². The number of benzene rings is 2. The van der Waals surface area contributed by atoms with Gasteiger partial charge in [0, 0.05) is 25.3 Å². The summed E-state index contributed by atoms with van der Waals surface area (Å²) in [7, 11) is -3.50. The van der Waals surface area contributed by atoms with E-state index in [2.05, 4.69) is 0 Å². The Bertz CT molecular complexity index is 1250. The van der Waals surface area contributed by atoms with Gasteiger partial charge in [-0.25, -0.2) is 8.42 Å². The van der Waals surface area contributed by atoms with Gasteiger partial charge in [-0.2, -0.15) is 4.31 Å². The molecule has 3 heterocycles. The largest absolute Gasteiger partial charge is 0.486 e. The van der Waals surface area contributed by atoms with Crippen molar-refractivity contribution < 1.29 is 22.4 Å². The molecule has 0 bridgehead atoms. The first-order valence-electron chi connectivity index (χ1n) is 11.2. The van der Waals surface area contributed by atoms with Gasteiger partial charge in [0.2, 0.25) is 10.0 Å². The number of ether oxygens (including phenoxy) is 1. The average molecular weight is 467 g/mol. The van der Waals surface area contributed by atoms with Gasteiger partial charge in [-0.15, -0.1) is 0 Å². The Hall–Kier alpha value is -3.10. The van der Waals surface area contributed by atoms with Gasteiger partial charge in [-0.1, -0.05) is 24.6 Å². The minimum atomic E-state index is -3.50. The molecule has 2 aromatic carbocycles. The van der Waals surface area contributed by atoms with Crippen LogP contribution in [0.15, 0.2) is 70.0 Å². The number of sulfonamides is 1. The summed E-state index contributed by atoms with van der Waals surface area (Å²) in [5.41, 5.74) is 1.59. The van der Waals surface area contributed by atoms with E-state index in [0.717, 1.165) is 36.3 Å². The summed E-state index contributed by atoms with van der Waals surface area (Å²) in [6.07, 6.45) is 3.47. The van der Waals surface area contributed by atoms with E-state index in [-0.39, 0.29) is 18.3 Å². The number of nitrogens with zero attached hydrogens (tertiary/aromatic N) is 2. The van der Waals surface area contributed by atoms with Crippen molar-refractivity contribution in [2.75, 3.05) is 24.5 Å². The van der Waals surface area contributed by atoms with E-state index < -0.39 is 10.0 Å². The lowest BCUT2D eigenvalue weighted by atomic mass is 10.2. The molecule has 0 saturated carbocycles. The molecule has 2 aliphatic heterocycles. The molecule has 33 heavy (non-hydrogen) atoms. The van der Waals surface area contributed by atoms with Gasteiger partial charge >= 0.3 is 0 Å². The van der Waals surface area contributed by atoms with E-state index in [1.165, 1.54) is 0 Å². The molecule has 0 N–H and O–H groups in total. The summed E-state index contributed by atoms with van der Waals surface area (Å²) in [5, 5.41) is 0. The van der Waals surface area contributed by atoms with Crippen LogP contribution in [0.2, 0.25) is 0 Å². The third-order valence-corrected chi connectivity index (χ3v) is 8.04. The topological polar surface area (TPSA) is 80.1 Å². The maximum atomic E-state index is 13.1. The fraction of sp³-hybridized carbons (Fsp3) is 0.320. The second-order valence-corrected chi connectivity index (χ2v) is 10.3. The van der Waals surface area contributed by atoms with E-state index in [0.29, 0.717) is 36.7 Å². The average Bonchev–Trinajstić information content (AvgIpc) is 3.50. The van der Waals surface area contributed by atoms with Crippen molar-refractivity contribution in [2.24, 2.45) is 0 Å². The maximum absolute atomic E-state index is 13.1. The first kappa shape index (κ1) is 21.7. The number of para-hydroxylation sites is 1. The first-order chi connectivity index (χ1) is 16.0. The standard InChI is InChI=1S/C25H26N2O5S/c28-25(24-12-9-21(32-24)18-31-20-7-3-1-4-8-20)27-16-13-19-17-22(10-11-23(19)27)33(29,30)26-14-5-2-6-15-26/h1,3-4,7-12,17H,2,5-6,13-16,18H2. The normalized spacial score (nSPS) is 16.5. The predicted molar refractivity (Wildman–Crippen MR) is 124 cm³/mol. The van der Waals surface area contributed by atoms with Crippen molar-refractivity contribution in [1.29, 1.82) is 0 Å². The van der Waals surface area contributed by atoms with Crippen LogP contribution in [0.5, 0.6) is 5.75 Å². The molecule has 2 aliphatic rings. The Morgan fingerprint density at radius 2 is 1.73 bits per heavy atom. The van der Waals surface area contributed by atoms with Crippen LogP contribution >= 0.6 is 0 Å². The number of amides is 1. The number of anilines is 1. The van der Waals surface area contributed by atoms with Crippen molar-refractivity contribution in [3.63, 3.8) is 0 Å². The summed E-state index contributed by atoms with van der Waals surface area (Å²) in [6.45, 7) is 1.85. The number of carbonyl (C=O) groups excluding carboxylic acids is 1. The van der Waals surface area contributed by atoms with E-state index in [4.69, 9.17) is 9.15 Å². The second kappa shape index (κ2) is 9.03. The Kier molecular flexibility index (Phi) is 5.95. The molecule has 0 aliphatic carbocycles. The molecule has 8 heteroatoms. The Balaban J connectivity index is 1.29. The third kappa shape index (κ3) is 4.41. The van der Waals surface area contributed by atoms with Gasteiger partial charge in [-0.3, -0.25) is 4.79 Å². The van der Waals surface area contributed by atoms with Crippen LogP contribution in [0.4, 0.5) is 5.69 Å². The van der Waals surface area contributed by atoms with E-state index in [1.807, 2.05) is 30.3 Å². The smallest absolute Gasteiger partial charge is 0.293 e. The summed E-state index contributed by atoms with van der Waals surface area (Å²) >= 11 is 0. The van der Waals surface area contributed by atoms with Crippen molar-refractivity contribution >= 4 is 21.6 Å². The molecule has 0 spiro atoms. The Morgan fingerprint density at radius 1 is 0.939 bits per heavy atom. The third-order valence-electron chi connectivity index (χ3n) is 6.14. The molecule has 1 amide bonds. The monoisotopic (exact) mass is 466 g/mol. The number of carbonyl (C=O) groups is 1. The van der Waals surface area contributed by atoms with Gasteiger partial charge in [0.1, 0.15) is 18.1 Å². The quantitative estimate of drug-likeness (QED) is 0.543. The summed E-state index contributed by atoms with van der Waals surface area (Å²) in [5.74, 6) is 1.28. The number of rotatable bonds is 6. The first-order valence-corrected chi connectivity index (χ1v) is 12.7. The lowest BCUT2D eigenvalue weighted by molar-refractivity contribution is 0.0958. The van der Waals surface area contributed by atoms with Crippen LogP contribution in [-0.2, 0) is 23.1 Å². The van der Waals surface area contributed by atoms with Crippen LogP contribution in [0.1, 0.15) is 41.1 Å². The van der Waals surface area contributed by atoms with Gasteiger partial charge in [0.15, 0.2) is 5.76 Å². The Labute approximate surface area is 193 Å². The number of piperidine rings is 1. The summed E-state index contributed by atoms with van der Waals surface area (Å²) in [6, 6.07) is 17.9. The molecule has 1 fully saturated rings. The lowest BCUT2D eigenvalue weighted by Crippen LogP contribution is -2.35. The number of fused-ring (bicyclic) bond motifs is 1. The number of furan rings is 1. The Morgan fingerprint density at radius 3 is 2.52 bits per heavy atom. The molecule has 172 valence electrons. The maximum Gasteiger partial charge on any atom is 0.293 e. The van der Waals surface area contributed by atoms with Crippen molar-refractivity contribution in [3.05, 3.63) is 77.7 Å². The zero-order valence-electron chi connectivity index (χ0n) is 18.3. The van der Waals surface area contributed by atoms with Gasteiger partial charge < -0.3 is 14.1 Å². The molecule has 0 atom stereocenters. The van der Waals surface area contributed by atoms with E-state index in [1.54, 1.807) is 39.5 Å². The fourth-order valence-corrected chi connectivity index (χ4v) is 5.95. The zero-order valence-corrected chi connectivity index (χ0v) is 19.1. The highest BCUT2D eigenvalue weighted by molar-refractivity contribution is 7.89. The highest BCUT2D eigenvalue weighted by atomic mass is 32.2. The van der Waals surface area contributed by atoms with Gasteiger partial charge in [-0.05, 0) is 67.3 Å². The van der Waals surface area contributed by atoms with Crippen LogP contribution in [0, 0.1) is 0 Å². The SMILES string of the molecule is O=C(c1ccc(COc2ccccc2)o1)N1CCc2cc(S(=O)(=O)N3CCCCC3)ccc21. The molecule has 1 aromatic heterocycles. The summed E-state index contributed by atoms with van der Waals surface area (Å²) < 4.78 is 39.0. The molecule has 1 saturated heterocycles. The highest BCUT2D eigenvalue weighted by Crippen LogP contribution is 2.33. The molecule has 3 aromatic rings. The van der Waals surface area contributed by atoms with Crippen molar-refractivity contribution in [3.8, 4) is 5.75 Å². The molecule has 0 radical (unpaired) electrons. The minimum absolute atomic E-state index is 0.228. The van der Waals surface area contributed by atoms with Crippen molar-refractivity contribution in [2.45, 2.75) is 37.2 Å². The van der Waals surface area contributed by atoms with Gasteiger partial charge in [0.25, 0.3) is 5.91 Å². The molecule has 0 unspecified atom stereocenters. The highest BCUT2D eigenvalue weighted by Gasteiger charge is 2.31. The van der Waals surface area contributed by atoms with E-state index >= 15 is 0 Å². The van der Waals surface area contributed by atoms with Gasteiger partial charge in [0.05, 0.1) is 4.90 Å². The number of hydrogen-bond donors (Lipinski definition) is 0. The molecule has 5 rings (SSSR count). The van der Waals surface area contributed by atoms with E-state index in [9.17, 15) is 13.2 Å². The van der Waals surface area contributed by atoms with Crippen LogP contribution in [0.25, 0.3) is 0 Å². The molecular weight excluding hydrogens is 440 g/mol. The fourth-order valence-electron chi connectivity index (χ4n) is 4.38. The van der Waals surface area contributed by atoms with Crippen LogP contribution in [-0.4, -0.2) is 38.3 Å². The predicted octanol–water partition coefficient (Wildman–Crippen LogP) is 4.24. The molecular formula is C25H26N2O5S. The second-order valence-electron chi connectivity index (χ2n) is 8.33. The minimum Gasteiger partial charge on any atom is -0.486 e. The number of hydrogen-bond acceptors (Lipinski definition) is 5. The lowest BCUT2D eigenvalue weighted by Gasteiger charge is -2.26.